The van der Waals surface area contributed by atoms with Gasteiger partial charge in [-0.3, -0.25) is 9.00 Å². The van der Waals surface area contributed by atoms with Crippen molar-refractivity contribution in [1.82, 2.24) is 4.98 Å². The fourth-order valence-electron chi connectivity index (χ4n) is 2.81. The molecule has 25 heavy (non-hydrogen) atoms. The molecule has 0 saturated carbocycles. The number of nitriles is 1. The molecule has 2 aromatic carbocycles. The molecule has 124 valence electrons. The lowest BCUT2D eigenvalue weighted by molar-refractivity contribution is 0.687. The van der Waals surface area contributed by atoms with Gasteiger partial charge in [-0.1, -0.05) is 42.5 Å². The molecule has 0 saturated heterocycles. The van der Waals surface area contributed by atoms with Crippen molar-refractivity contribution in [2.75, 3.05) is 6.26 Å². The number of nitrogens with zero attached hydrogens (tertiary/aromatic N) is 1. The molecule has 1 heterocycles. The van der Waals surface area contributed by atoms with Crippen LogP contribution < -0.4 is 5.56 Å². The van der Waals surface area contributed by atoms with Gasteiger partial charge in [-0.25, -0.2) is 0 Å². The van der Waals surface area contributed by atoms with Crippen molar-refractivity contribution in [3.63, 3.8) is 0 Å². The molecule has 0 bridgehead atoms. The molecular formula is C20H16N2O2S. The second-order valence-electron chi connectivity index (χ2n) is 5.71. The highest BCUT2D eigenvalue weighted by molar-refractivity contribution is 7.84. The maximum absolute atomic E-state index is 12.0. The minimum absolute atomic E-state index is 0.105. The monoisotopic (exact) mass is 348 g/mol. The van der Waals surface area contributed by atoms with Gasteiger partial charge in [0.1, 0.15) is 11.6 Å². The number of hydrogen-bond acceptors (Lipinski definition) is 3. The number of aromatic amines is 1. The molecule has 1 unspecified atom stereocenters. The molecule has 0 radical (unpaired) electrons. The van der Waals surface area contributed by atoms with Crippen LogP contribution in [0.5, 0.6) is 0 Å². The van der Waals surface area contributed by atoms with Crippen molar-refractivity contribution in [2.45, 2.75) is 11.8 Å². The van der Waals surface area contributed by atoms with E-state index in [9.17, 15) is 14.3 Å². The van der Waals surface area contributed by atoms with E-state index in [1.54, 1.807) is 19.2 Å². The zero-order chi connectivity index (χ0) is 18.0. The minimum atomic E-state index is -1.08. The summed E-state index contributed by atoms with van der Waals surface area (Å²) in [5.41, 5.74) is 3.69. The van der Waals surface area contributed by atoms with E-state index in [-0.39, 0.29) is 11.1 Å². The number of pyridine rings is 1. The van der Waals surface area contributed by atoms with E-state index in [2.05, 4.69) is 4.98 Å². The standard InChI is InChI=1S/C20H16N2O2S/c1-13-11-17(18(12-21)20(23)22-13)15-9-7-14(8-10-15)16-5-3-4-6-19(16)25(2)24/h3-11H,1-2H3,(H,22,23). The Morgan fingerprint density at radius 2 is 1.60 bits per heavy atom. The first-order chi connectivity index (χ1) is 12.0. The summed E-state index contributed by atoms with van der Waals surface area (Å²) in [7, 11) is -1.08. The lowest BCUT2D eigenvalue weighted by Crippen LogP contribution is -2.12. The molecule has 1 aromatic heterocycles. The van der Waals surface area contributed by atoms with Crippen molar-refractivity contribution >= 4 is 10.8 Å². The van der Waals surface area contributed by atoms with Crippen LogP contribution in [-0.4, -0.2) is 15.4 Å². The van der Waals surface area contributed by atoms with Gasteiger partial charge in [0, 0.05) is 22.4 Å². The van der Waals surface area contributed by atoms with Crippen molar-refractivity contribution < 1.29 is 4.21 Å². The third-order valence-corrected chi connectivity index (χ3v) is 4.96. The Hall–Kier alpha value is -2.97. The fourth-order valence-corrected chi connectivity index (χ4v) is 3.58. The van der Waals surface area contributed by atoms with Crippen LogP contribution in [0.1, 0.15) is 11.3 Å². The summed E-state index contributed by atoms with van der Waals surface area (Å²) >= 11 is 0. The molecule has 1 atom stereocenters. The Morgan fingerprint density at radius 1 is 1.00 bits per heavy atom. The van der Waals surface area contributed by atoms with Crippen LogP contribution in [0.3, 0.4) is 0 Å². The van der Waals surface area contributed by atoms with Crippen LogP contribution in [0.4, 0.5) is 0 Å². The highest BCUT2D eigenvalue weighted by Crippen LogP contribution is 2.29. The van der Waals surface area contributed by atoms with Crippen molar-refractivity contribution in [1.29, 1.82) is 5.26 Å². The van der Waals surface area contributed by atoms with Crippen LogP contribution in [0.15, 0.2) is 64.3 Å². The zero-order valence-electron chi connectivity index (χ0n) is 13.9. The van der Waals surface area contributed by atoms with Crippen LogP contribution in [0.2, 0.25) is 0 Å². The molecule has 3 aromatic rings. The second-order valence-corrected chi connectivity index (χ2v) is 7.06. The van der Waals surface area contributed by atoms with Gasteiger partial charge in [-0.15, -0.1) is 0 Å². The van der Waals surface area contributed by atoms with E-state index < -0.39 is 10.8 Å². The Bertz CT molecular complexity index is 1060. The average Bonchev–Trinajstić information content (AvgIpc) is 2.61. The maximum Gasteiger partial charge on any atom is 0.266 e. The smallest absolute Gasteiger partial charge is 0.266 e. The predicted molar refractivity (Wildman–Crippen MR) is 99.7 cm³/mol. The predicted octanol–water partition coefficient (Wildman–Crippen LogP) is 3.63. The first-order valence-electron chi connectivity index (χ1n) is 7.68. The van der Waals surface area contributed by atoms with Crippen LogP contribution >= 0.6 is 0 Å². The van der Waals surface area contributed by atoms with Gasteiger partial charge in [0.05, 0.1) is 10.8 Å². The molecule has 0 amide bonds. The van der Waals surface area contributed by atoms with Crippen molar-refractivity contribution in [3.8, 4) is 28.3 Å². The number of benzene rings is 2. The summed E-state index contributed by atoms with van der Waals surface area (Å²) in [6.07, 6.45) is 1.66. The quantitative estimate of drug-likeness (QED) is 0.785. The SMILES string of the molecule is Cc1cc(-c2ccc(-c3ccccc3S(C)=O)cc2)c(C#N)c(=O)[nH]1. The molecule has 4 nitrogen and oxygen atoms in total. The third kappa shape index (κ3) is 3.30. The Kier molecular flexibility index (Phi) is 4.64. The van der Waals surface area contributed by atoms with E-state index in [0.717, 1.165) is 21.6 Å². The van der Waals surface area contributed by atoms with Gasteiger partial charge < -0.3 is 4.98 Å². The number of H-pyrrole nitrogens is 1. The summed E-state index contributed by atoms with van der Waals surface area (Å²) in [6.45, 7) is 1.78. The highest BCUT2D eigenvalue weighted by atomic mass is 32.2. The molecule has 0 spiro atoms. The zero-order valence-corrected chi connectivity index (χ0v) is 14.7. The van der Waals surface area contributed by atoms with Crippen LogP contribution in [-0.2, 0) is 10.8 Å². The fraction of sp³-hybridized carbons (Fsp3) is 0.100. The molecule has 0 aliphatic heterocycles. The second kappa shape index (κ2) is 6.88. The topological polar surface area (TPSA) is 73.7 Å². The number of aryl methyl sites for hydroxylation is 1. The number of nitrogens with one attached hydrogen (secondary N) is 1. The van der Waals surface area contributed by atoms with E-state index in [0.29, 0.717) is 11.3 Å². The minimum Gasteiger partial charge on any atom is -0.325 e. The lowest BCUT2D eigenvalue weighted by atomic mass is 9.98. The van der Waals surface area contributed by atoms with Crippen LogP contribution in [0.25, 0.3) is 22.3 Å². The van der Waals surface area contributed by atoms with Gasteiger partial charge in [0.25, 0.3) is 5.56 Å². The van der Waals surface area contributed by atoms with Crippen molar-refractivity contribution in [2.24, 2.45) is 0 Å². The lowest BCUT2D eigenvalue weighted by Gasteiger charge is -2.09. The first kappa shape index (κ1) is 16.9. The summed E-state index contributed by atoms with van der Waals surface area (Å²) in [6, 6.07) is 18.9. The van der Waals surface area contributed by atoms with E-state index in [4.69, 9.17) is 0 Å². The molecule has 5 heteroatoms. The third-order valence-electron chi connectivity index (χ3n) is 3.98. The summed E-state index contributed by atoms with van der Waals surface area (Å²) in [5.74, 6) is 0. The van der Waals surface area contributed by atoms with Gasteiger partial charge >= 0.3 is 0 Å². The summed E-state index contributed by atoms with van der Waals surface area (Å²) in [4.78, 5) is 15.4. The Morgan fingerprint density at radius 3 is 2.20 bits per heavy atom. The van der Waals surface area contributed by atoms with Gasteiger partial charge in [0.15, 0.2) is 0 Å². The van der Waals surface area contributed by atoms with E-state index >= 15 is 0 Å². The normalized spacial score (nSPS) is 11.7. The summed E-state index contributed by atoms with van der Waals surface area (Å²) in [5, 5.41) is 9.28. The molecule has 0 aliphatic carbocycles. The molecule has 0 aliphatic rings. The summed E-state index contributed by atoms with van der Waals surface area (Å²) < 4.78 is 11.9. The number of aromatic nitrogens is 1. The Balaban J connectivity index is 2.10. The Labute approximate surface area is 148 Å². The van der Waals surface area contributed by atoms with E-state index in [1.165, 1.54) is 0 Å². The average molecular weight is 348 g/mol. The molecule has 0 fully saturated rings. The van der Waals surface area contributed by atoms with Gasteiger partial charge in [-0.05, 0) is 35.7 Å². The first-order valence-corrected chi connectivity index (χ1v) is 9.24. The molecule has 1 N–H and O–H groups in total. The van der Waals surface area contributed by atoms with E-state index in [1.807, 2.05) is 54.6 Å². The number of hydrogen-bond donors (Lipinski definition) is 1. The molecule has 3 rings (SSSR count). The van der Waals surface area contributed by atoms with Gasteiger partial charge in [0.2, 0.25) is 0 Å². The van der Waals surface area contributed by atoms with Crippen LogP contribution in [0, 0.1) is 18.3 Å². The largest absolute Gasteiger partial charge is 0.325 e. The molecular weight excluding hydrogens is 332 g/mol. The number of rotatable bonds is 3. The highest BCUT2D eigenvalue weighted by Gasteiger charge is 2.12. The van der Waals surface area contributed by atoms with Gasteiger partial charge in [-0.2, -0.15) is 5.26 Å². The maximum atomic E-state index is 12.0. The van der Waals surface area contributed by atoms with Crippen molar-refractivity contribution in [3.05, 3.63) is 76.2 Å².